The van der Waals surface area contributed by atoms with Crippen molar-refractivity contribution in [1.29, 1.82) is 0 Å². The van der Waals surface area contributed by atoms with Crippen LogP contribution in [0.1, 0.15) is 23.6 Å². The van der Waals surface area contributed by atoms with Gasteiger partial charge in [-0.05, 0) is 41.4 Å². The fourth-order valence-electron chi connectivity index (χ4n) is 4.22. The summed E-state index contributed by atoms with van der Waals surface area (Å²) < 4.78 is 11.4. The molecular weight excluding hydrogens is 348 g/mol. The minimum Gasteiger partial charge on any atom is -0.493 e. The average Bonchev–Trinajstić information content (AvgIpc) is 3.03. The Morgan fingerprint density at radius 1 is 0.857 bits per heavy atom. The number of methoxy groups -OCH3 is 2. The second kappa shape index (κ2) is 8.63. The van der Waals surface area contributed by atoms with Crippen molar-refractivity contribution in [2.24, 2.45) is 0 Å². The Balaban J connectivity index is 1.86. The van der Waals surface area contributed by atoms with Gasteiger partial charge in [0.2, 0.25) is 0 Å². The molecule has 4 rings (SSSR count). The Hall–Kier alpha value is -2.56. The van der Waals surface area contributed by atoms with Gasteiger partial charge in [0.15, 0.2) is 11.5 Å². The van der Waals surface area contributed by atoms with E-state index in [0.29, 0.717) is 0 Å². The van der Waals surface area contributed by atoms with E-state index in [4.69, 9.17) is 9.47 Å². The molecule has 3 aromatic rings. The number of para-hydroxylation sites is 1. The standard InChI is InChI=1S/C24H28N2O2/c1-27-22-10-5-9-21(24(22)28-2)23(26-15-6-13-25-14-16-26)20-12-11-18-7-3-4-8-19(18)17-20/h3-5,7-12,17,23,25H,6,13-16H2,1-2H3. The molecule has 1 saturated heterocycles. The number of rotatable bonds is 5. The average molecular weight is 377 g/mol. The summed E-state index contributed by atoms with van der Waals surface area (Å²) >= 11 is 0. The molecule has 4 nitrogen and oxygen atoms in total. The number of hydrogen-bond acceptors (Lipinski definition) is 4. The third-order valence-corrected chi connectivity index (χ3v) is 5.56. The van der Waals surface area contributed by atoms with Gasteiger partial charge in [-0.15, -0.1) is 0 Å². The zero-order valence-electron chi connectivity index (χ0n) is 16.7. The summed E-state index contributed by atoms with van der Waals surface area (Å²) in [6.45, 7) is 4.11. The fraction of sp³-hybridized carbons (Fsp3) is 0.333. The quantitative estimate of drug-likeness (QED) is 0.722. The third-order valence-electron chi connectivity index (χ3n) is 5.56. The van der Waals surface area contributed by atoms with E-state index < -0.39 is 0 Å². The summed E-state index contributed by atoms with van der Waals surface area (Å²) in [7, 11) is 3.42. The first-order chi connectivity index (χ1) is 13.8. The lowest BCUT2D eigenvalue weighted by molar-refractivity contribution is 0.234. The van der Waals surface area contributed by atoms with Gasteiger partial charge < -0.3 is 14.8 Å². The maximum atomic E-state index is 5.81. The van der Waals surface area contributed by atoms with Gasteiger partial charge in [0.25, 0.3) is 0 Å². The van der Waals surface area contributed by atoms with E-state index >= 15 is 0 Å². The first-order valence-electron chi connectivity index (χ1n) is 9.96. The van der Waals surface area contributed by atoms with E-state index in [1.54, 1.807) is 14.2 Å². The van der Waals surface area contributed by atoms with Crippen LogP contribution in [0.3, 0.4) is 0 Å². The van der Waals surface area contributed by atoms with Crippen LogP contribution < -0.4 is 14.8 Å². The third kappa shape index (κ3) is 3.71. The van der Waals surface area contributed by atoms with Crippen LogP contribution in [0.2, 0.25) is 0 Å². The van der Waals surface area contributed by atoms with Crippen molar-refractivity contribution in [3.05, 3.63) is 71.8 Å². The molecule has 0 amide bonds. The molecule has 1 heterocycles. The summed E-state index contributed by atoms with van der Waals surface area (Å²) in [5.41, 5.74) is 2.44. The molecule has 1 atom stereocenters. The molecule has 146 valence electrons. The van der Waals surface area contributed by atoms with Crippen molar-refractivity contribution in [2.75, 3.05) is 40.4 Å². The lowest BCUT2D eigenvalue weighted by Crippen LogP contribution is -2.33. The van der Waals surface area contributed by atoms with E-state index in [1.807, 2.05) is 6.07 Å². The van der Waals surface area contributed by atoms with Gasteiger partial charge in [-0.1, -0.05) is 48.5 Å². The summed E-state index contributed by atoms with van der Waals surface area (Å²) in [5.74, 6) is 1.60. The molecule has 0 aromatic heterocycles. The normalized spacial score (nSPS) is 16.5. The van der Waals surface area contributed by atoms with Gasteiger partial charge in [-0.2, -0.15) is 0 Å². The molecule has 0 spiro atoms. The number of benzene rings is 3. The Morgan fingerprint density at radius 3 is 2.54 bits per heavy atom. The number of nitrogens with one attached hydrogen (secondary N) is 1. The largest absolute Gasteiger partial charge is 0.493 e. The van der Waals surface area contributed by atoms with Crippen molar-refractivity contribution >= 4 is 10.8 Å². The van der Waals surface area contributed by atoms with E-state index in [-0.39, 0.29) is 6.04 Å². The van der Waals surface area contributed by atoms with Crippen LogP contribution in [0.25, 0.3) is 10.8 Å². The van der Waals surface area contributed by atoms with Crippen molar-refractivity contribution in [3.63, 3.8) is 0 Å². The van der Waals surface area contributed by atoms with E-state index in [2.05, 4.69) is 64.8 Å². The lowest BCUT2D eigenvalue weighted by Gasteiger charge is -2.32. The van der Waals surface area contributed by atoms with Crippen molar-refractivity contribution in [2.45, 2.75) is 12.5 Å². The van der Waals surface area contributed by atoms with Gasteiger partial charge in [-0.3, -0.25) is 4.90 Å². The monoisotopic (exact) mass is 376 g/mol. The second-order valence-electron chi connectivity index (χ2n) is 7.23. The molecule has 1 unspecified atom stereocenters. The zero-order chi connectivity index (χ0) is 19.3. The van der Waals surface area contributed by atoms with Crippen LogP contribution in [0.4, 0.5) is 0 Å². The molecular formula is C24H28N2O2. The van der Waals surface area contributed by atoms with Crippen LogP contribution in [-0.4, -0.2) is 45.3 Å². The van der Waals surface area contributed by atoms with Crippen LogP contribution in [0.15, 0.2) is 60.7 Å². The van der Waals surface area contributed by atoms with Gasteiger partial charge >= 0.3 is 0 Å². The molecule has 1 fully saturated rings. The molecule has 0 bridgehead atoms. The molecule has 0 aliphatic carbocycles. The van der Waals surface area contributed by atoms with E-state index in [9.17, 15) is 0 Å². The molecule has 0 saturated carbocycles. The topological polar surface area (TPSA) is 33.7 Å². The molecule has 4 heteroatoms. The number of ether oxygens (including phenoxy) is 2. The minimum atomic E-state index is 0.120. The summed E-state index contributed by atoms with van der Waals surface area (Å²) in [5, 5.41) is 6.05. The SMILES string of the molecule is COc1cccc(C(c2ccc3ccccc3c2)N2CCCNCC2)c1OC. The number of fused-ring (bicyclic) bond motifs is 1. The zero-order valence-corrected chi connectivity index (χ0v) is 16.7. The molecule has 3 aromatic carbocycles. The van der Waals surface area contributed by atoms with Gasteiger partial charge in [0.05, 0.1) is 20.3 Å². The number of hydrogen-bond donors (Lipinski definition) is 1. The first-order valence-corrected chi connectivity index (χ1v) is 9.96. The highest BCUT2D eigenvalue weighted by Gasteiger charge is 2.27. The Kier molecular flexibility index (Phi) is 5.79. The van der Waals surface area contributed by atoms with Crippen LogP contribution in [-0.2, 0) is 0 Å². The maximum absolute atomic E-state index is 5.81. The summed E-state index contributed by atoms with van der Waals surface area (Å²) in [6, 6.07) is 21.6. The summed E-state index contributed by atoms with van der Waals surface area (Å²) in [4.78, 5) is 2.56. The van der Waals surface area contributed by atoms with E-state index in [0.717, 1.165) is 49.7 Å². The van der Waals surface area contributed by atoms with Crippen LogP contribution in [0, 0.1) is 0 Å². The van der Waals surface area contributed by atoms with Gasteiger partial charge in [0.1, 0.15) is 0 Å². The maximum Gasteiger partial charge on any atom is 0.165 e. The summed E-state index contributed by atoms with van der Waals surface area (Å²) in [6.07, 6.45) is 1.14. The predicted molar refractivity (Wildman–Crippen MR) is 114 cm³/mol. The lowest BCUT2D eigenvalue weighted by atomic mass is 9.93. The predicted octanol–water partition coefficient (Wildman–Crippen LogP) is 4.24. The van der Waals surface area contributed by atoms with E-state index in [1.165, 1.54) is 16.3 Å². The van der Waals surface area contributed by atoms with Crippen LogP contribution >= 0.6 is 0 Å². The Morgan fingerprint density at radius 2 is 1.71 bits per heavy atom. The van der Waals surface area contributed by atoms with Gasteiger partial charge in [0, 0.05) is 25.2 Å². The highest BCUT2D eigenvalue weighted by atomic mass is 16.5. The number of nitrogens with zero attached hydrogens (tertiary/aromatic N) is 1. The highest BCUT2D eigenvalue weighted by molar-refractivity contribution is 5.83. The van der Waals surface area contributed by atoms with Gasteiger partial charge in [-0.25, -0.2) is 0 Å². The molecule has 1 N–H and O–H groups in total. The molecule has 1 aliphatic heterocycles. The van der Waals surface area contributed by atoms with Crippen LogP contribution in [0.5, 0.6) is 11.5 Å². The van der Waals surface area contributed by atoms with Crippen molar-refractivity contribution in [3.8, 4) is 11.5 Å². The first kappa shape index (κ1) is 18.8. The minimum absolute atomic E-state index is 0.120. The van der Waals surface area contributed by atoms with Crippen molar-refractivity contribution in [1.82, 2.24) is 10.2 Å². The highest BCUT2D eigenvalue weighted by Crippen LogP contribution is 2.40. The van der Waals surface area contributed by atoms with Crippen molar-refractivity contribution < 1.29 is 9.47 Å². The molecule has 28 heavy (non-hydrogen) atoms. The Labute approximate surface area is 167 Å². The smallest absolute Gasteiger partial charge is 0.165 e. The molecule has 0 radical (unpaired) electrons. The fourth-order valence-corrected chi connectivity index (χ4v) is 4.22. The second-order valence-corrected chi connectivity index (χ2v) is 7.23. The molecule has 1 aliphatic rings. The Bertz CT molecular complexity index is 933.